The Kier molecular flexibility index (Phi) is 5.42. The van der Waals surface area contributed by atoms with E-state index >= 15 is 0 Å². The lowest BCUT2D eigenvalue weighted by Crippen LogP contribution is -2.39. The number of para-hydroxylation sites is 1. The SMILES string of the molecule is Nc1nnc(-c2ccccc2O)cc1-n1cc(C2=CCN(C3CCCCC3)CC2)cn1. The average molecular weight is 417 g/mol. The maximum atomic E-state index is 10.2. The Bertz CT molecular complexity index is 1100. The van der Waals surface area contributed by atoms with E-state index in [0.717, 1.165) is 31.1 Å². The van der Waals surface area contributed by atoms with Crippen LogP contribution >= 0.6 is 0 Å². The number of aromatic nitrogens is 4. The van der Waals surface area contributed by atoms with Gasteiger partial charge in [-0.3, -0.25) is 4.90 Å². The van der Waals surface area contributed by atoms with Crippen LogP contribution in [0.3, 0.4) is 0 Å². The van der Waals surface area contributed by atoms with Crippen molar-refractivity contribution in [2.45, 2.75) is 44.6 Å². The minimum Gasteiger partial charge on any atom is -0.507 e. The Labute approximate surface area is 182 Å². The van der Waals surface area contributed by atoms with Crippen molar-refractivity contribution in [3.63, 3.8) is 0 Å². The van der Waals surface area contributed by atoms with Crippen molar-refractivity contribution < 1.29 is 5.11 Å². The molecule has 5 rings (SSSR count). The van der Waals surface area contributed by atoms with Gasteiger partial charge in [-0.25, -0.2) is 4.68 Å². The van der Waals surface area contributed by atoms with Gasteiger partial charge < -0.3 is 10.8 Å². The van der Waals surface area contributed by atoms with Crippen LogP contribution in [0, 0.1) is 0 Å². The van der Waals surface area contributed by atoms with Crippen molar-refractivity contribution in [1.82, 2.24) is 24.9 Å². The van der Waals surface area contributed by atoms with Crippen LogP contribution in [-0.2, 0) is 0 Å². The highest BCUT2D eigenvalue weighted by Gasteiger charge is 2.23. The van der Waals surface area contributed by atoms with Crippen LogP contribution in [0.5, 0.6) is 5.75 Å². The van der Waals surface area contributed by atoms with E-state index in [0.29, 0.717) is 22.8 Å². The van der Waals surface area contributed by atoms with Crippen molar-refractivity contribution >= 4 is 11.4 Å². The van der Waals surface area contributed by atoms with E-state index in [1.54, 1.807) is 22.9 Å². The van der Waals surface area contributed by atoms with Crippen molar-refractivity contribution in [3.8, 4) is 22.7 Å². The standard InChI is InChI=1S/C24H28N6O/c25-24-22(14-21(27-28-24)20-8-4-5-9-23(20)31)30-16-18(15-26-30)17-10-12-29(13-11-17)19-6-2-1-3-7-19/h4-5,8-10,14-16,19,31H,1-3,6-7,11-13H2,(H2,25,28). The molecule has 1 fully saturated rings. The van der Waals surface area contributed by atoms with E-state index in [9.17, 15) is 5.11 Å². The molecule has 3 aromatic rings. The van der Waals surface area contributed by atoms with Crippen LogP contribution < -0.4 is 5.73 Å². The number of hydrogen-bond acceptors (Lipinski definition) is 6. The number of nitrogens with two attached hydrogens (primary N) is 1. The normalized spacial score (nSPS) is 18.1. The Hall–Kier alpha value is -3.19. The lowest BCUT2D eigenvalue weighted by atomic mass is 9.92. The first-order valence-corrected chi connectivity index (χ1v) is 11.1. The summed E-state index contributed by atoms with van der Waals surface area (Å²) in [6.07, 6.45) is 14.1. The van der Waals surface area contributed by atoms with Crippen LogP contribution in [-0.4, -0.2) is 49.1 Å². The van der Waals surface area contributed by atoms with E-state index in [1.807, 2.05) is 24.5 Å². The number of phenols is 1. The Morgan fingerprint density at radius 2 is 1.90 bits per heavy atom. The molecule has 1 saturated carbocycles. The van der Waals surface area contributed by atoms with Crippen molar-refractivity contribution in [2.75, 3.05) is 18.8 Å². The summed E-state index contributed by atoms with van der Waals surface area (Å²) in [7, 11) is 0. The average Bonchev–Trinajstić information content (AvgIpc) is 3.31. The second-order valence-electron chi connectivity index (χ2n) is 8.46. The zero-order valence-corrected chi connectivity index (χ0v) is 17.6. The molecule has 7 nitrogen and oxygen atoms in total. The van der Waals surface area contributed by atoms with Gasteiger partial charge in [0.2, 0.25) is 0 Å². The van der Waals surface area contributed by atoms with Crippen LogP contribution in [0.25, 0.3) is 22.5 Å². The highest BCUT2D eigenvalue weighted by molar-refractivity contribution is 5.71. The molecule has 0 unspecified atom stereocenters. The largest absolute Gasteiger partial charge is 0.507 e. The fraction of sp³-hybridized carbons (Fsp3) is 0.375. The molecule has 3 heterocycles. The fourth-order valence-electron chi connectivity index (χ4n) is 4.74. The molecule has 31 heavy (non-hydrogen) atoms. The van der Waals surface area contributed by atoms with Gasteiger partial charge in [0.25, 0.3) is 0 Å². The summed E-state index contributed by atoms with van der Waals surface area (Å²) in [6.45, 7) is 2.12. The molecule has 7 heteroatoms. The van der Waals surface area contributed by atoms with Crippen LogP contribution in [0.15, 0.2) is 48.8 Å². The summed E-state index contributed by atoms with van der Waals surface area (Å²) >= 11 is 0. The first-order chi connectivity index (χ1) is 15.2. The van der Waals surface area contributed by atoms with Crippen LogP contribution in [0.1, 0.15) is 44.1 Å². The van der Waals surface area contributed by atoms with E-state index in [2.05, 4.69) is 26.3 Å². The van der Waals surface area contributed by atoms with Gasteiger partial charge >= 0.3 is 0 Å². The van der Waals surface area contributed by atoms with Gasteiger partial charge in [-0.05, 0) is 43.0 Å². The van der Waals surface area contributed by atoms with E-state index in [1.165, 1.54) is 37.7 Å². The third kappa shape index (κ3) is 4.05. The first-order valence-electron chi connectivity index (χ1n) is 11.1. The van der Waals surface area contributed by atoms with Crippen LogP contribution in [0.2, 0.25) is 0 Å². The Morgan fingerprint density at radius 3 is 2.68 bits per heavy atom. The number of phenolic OH excluding ortho intramolecular Hbond substituents is 1. The molecule has 3 N–H and O–H groups in total. The summed E-state index contributed by atoms with van der Waals surface area (Å²) < 4.78 is 1.75. The Morgan fingerprint density at radius 1 is 1.06 bits per heavy atom. The quantitative estimate of drug-likeness (QED) is 0.667. The third-order valence-electron chi connectivity index (χ3n) is 6.51. The number of benzene rings is 1. The lowest BCUT2D eigenvalue weighted by molar-refractivity contribution is 0.171. The zero-order chi connectivity index (χ0) is 21.2. The van der Waals surface area contributed by atoms with Gasteiger partial charge in [0.05, 0.1) is 11.9 Å². The fourth-order valence-corrected chi connectivity index (χ4v) is 4.74. The van der Waals surface area contributed by atoms with E-state index in [-0.39, 0.29) is 5.75 Å². The van der Waals surface area contributed by atoms with Gasteiger partial charge in [-0.1, -0.05) is 37.5 Å². The molecular weight excluding hydrogens is 388 g/mol. The molecule has 0 atom stereocenters. The maximum Gasteiger partial charge on any atom is 0.172 e. The number of nitrogens with zero attached hydrogens (tertiary/aromatic N) is 5. The minimum atomic E-state index is 0.156. The molecule has 0 amide bonds. The van der Waals surface area contributed by atoms with Gasteiger partial charge in [0.1, 0.15) is 11.4 Å². The predicted octanol–water partition coefficient (Wildman–Crippen LogP) is 4.04. The molecular formula is C24H28N6O. The molecule has 1 aliphatic carbocycles. The topological polar surface area (TPSA) is 93.1 Å². The third-order valence-corrected chi connectivity index (χ3v) is 6.51. The summed E-state index contributed by atoms with van der Waals surface area (Å²) in [4.78, 5) is 2.64. The number of rotatable bonds is 4. The summed E-state index contributed by atoms with van der Waals surface area (Å²) in [5.41, 5.74) is 10.4. The molecule has 0 bridgehead atoms. The smallest absolute Gasteiger partial charge is 0.172 e. The highest BCUT2D eigenvalue weighted by atomic mass is 16.3. The molecule has 1 aromatic carbocycles. The first kappa shape index (κ1) is 19.8. The predicted molar refractivity (Wildman–Crippen MR) is 122 cm³/mol. The second kappa shape index (κ2) is 8.51. The summed E-state index contributed by atoms with van der Waals surface area (Å²) in [5.74, 6) is 0.457. The maximum absolute atomic E-state index is 10.2. The van der Waals surface area contributed by atoms with Crippen molar-refractivity contribution in [1.29, 1.82) is 0 Å². The van der Waals surface area contributed by atoms with Gasteiger partial charge in [0, 0.05) is 36.5 Å². The van der Waals surface area contributed by atoms with Crippen LogP contribution in [0.4, 0.5) is 5.82 Å². The molecule has 160 valence electrons. The lowest BCUT2D eigenvalue weighted by Gasteiger charge is -2.36. The van der Waals surface area contributed by atoms with Crippen molar-refractivity contribution in [2.24, 2.45) is 0 Å². The highest BCUT2D eigenvalue weighted by Crippen LogP contribution is 2.31. The molecule has 0 radical (unpaired) electrons. The molecule has 0 spiro atoms. The van der Waals surface area contributed by atoms with Gasteiger partial charge in [-0.15, -0.1) is 10.2 Å². The number of anilines is 1. The number of nitrogen functional groups attached to an aromatic ring is 1. The summed E-state index contributed by atoms with van der Waals surface area (Å²) in [6, 6.07) is 9.63. The van der Waals surface area contributed by atoms with E-state index in [4.69, 9.17) is 5.73 Å². The number of hydrogen-bond donors (Lipinski definition) is 2. The van der Waals surface area contributed by atoms with Gasteiger partial charge in [-0.2, -0.15) is 5.10 Å². The number of aromatic hydroxyl groups is 1. The molecule has 0 saturated heterocycles. The monoisotopic (exact) mass is 416 g/mol. The summed E-state index contributed by atoms with van der Waals surface area (Å²) in [5, 5.41) is 22.9. The minimum absolute atomic E-state index is 0.156. The molecule has 1 aliphatic heterocycles. The molecule has 2 aromatic heterocycles. The van der Waals surface area contributed by atoms with Gasteiger partial charge in [0.15, 0.2) is 5.82 Å². The molecule has 2 aliphatic rings. The van der Waals surface area contributed by atoms with Crippen molar-refractivity contribution in [3.05, 3.63) is 54.4 Å². The zero-order valence-electron chi connectivity index (χ0n) is 17.6. The Balaban J connectivity index is 1.37. The van der Waals surface area contributed by atoms with E-state index < -0.39 is 0 Å². The second-order valence-corrected chi connectivity index (χ2v) is 8.46.